The van der Waals surface area contributed by atoms with Crippen LogP contribution in [-0.2, 0) is 0 Å². The van der Waals surface area contributed by atoms with Crippen LogP contribution in [0.25, 0.3) is 6.08 Å². The van der Waals surface area contributed by atoms with Crippen molar-refractivity contribution >= 4 is 6.08 Å². The van der Waals surface area contributed by atoms with Crippen LogP contribution in [0.1, 0.15) is 18.1 Å². The van der Waals surface area contributed by atoms with Gasteiger partial charge in [0.25, 0.3) is 0 Å². The Kier molecular flexibility index (Phi) is 3.24. The van der Waals surface area contributed by atoms with E-state index in [4.69, 9.17) is 10.4 Å². The third kappa shape index (κ3) is 2.73. The lowest BCUT2D eigenvalue weighted by molar-refractivity contribution is 0.332. The number of nitrogens with zero attached hydrogens (tertiary/aromatic N) is 1. The SMILES string of the molecule is CC(=Cc1ccc(C#N)cc1)CO. The summed E-state index contributed by atoms with van der Waals surface area (Å²) in [7, 11) is 0. The molecule has 1 rings (SSSR count). The van der Waals surface area contributed by atoms with Crippen LogP contribution in [0.3, 0.4) is 0 Å². The molecule has 0 saturated carbocycles. The van der Waals surface area contributed by atoms with Crippen LogP contribution in [0.5, 0.6) is 0 Å². The average Bonchev–Trinajstić information content (AvgIpc) is 2.19. The molecule has 0 amide bonds. The first-order valence-corrected chi connectivity index (χ1v) is 4.04. The molecule has 0 aliphatic heterocycles. The van der Waals surface area contributed by atoms with Gasteiger partial charge in [0.05, 0.1) is 18.2 Å². The molecular formula is C11H11NO. The molecule has 1 aromatic carbocycles. The fourth-order valence-corrected chi connectivity index (χ4v) is 0.984. The lowest BCUT2D eigenvalue weighted by atomic mass is 10.1. The molecule has 1 aromatic rings. The Morgan fingerprint density at radius 2 is 2.08 bits per heavy atom. The third-order valence-electron chi connectivity index (χ3n) is 1.70. The minimum Gasteiger partial charge on any atom is -0.392 e. The summed E-state index contributed by atoms with van der Waals surface area (Å²) in [6.07, 6.45) is 1.89. The zero-order valence-electron chi connectivity index (χ0n) is 7.49. The van der Waals surface area contributed by atoms with Gasteiger partial charge in [0.2, 0.25) is 0 Å². The maximum Gasteiger partial charge on any atom is 0.0991 e. The Labute approximate surface area is 77.8 Å². The number of hydrogen-bond acceptors (Lipinski definition) is 2. The molecule has 0 radical (unpaired) electrons. The highest BCUT2D eigenvalue weighted by Crippen LogP contribution is 2.07. The summed E-state index contributed by atoms with van der Waals surface area (Å²) in [5, 5.41) is 17.3. The molecule has 1 N–H and O–H groups in total. The number of nitriles is 1. The Hall–Kier alpha value is -1.59. The zero-order chi connectivity index (χ0) is 9.68. The lowest BCUT2D eigenvalue weighted by Crippen LogP contribution is -1.83. The summed E-state index contributed by atoms with van der Waals surface area (Å²) in [5.74, 6) is 0. The van der Waals surface area contributed by atoms with Crippen LogP contribution in [0, 0.1) is 11.3 Å². The lowest BCUT2D eigenvalue weighted by Gasteiger charge is -1.96. The maximum absolute atomic E-state index is 8.78. The van der Waals surface area contributed by atoms with Crippen LogP contribution in [0.15, 0.2) is 29.8 Å². The van der Waals surface area contributed by atoms with E-state index < -0.39 is 0 Å². The molecule has 13 heavy (non-hydrogen) atoms. The van der Waals surface area contributed by atoms with E-state index in [1.165, 1.54) is 0 Å². The van der Waals surface area contributed by atoms with E-state index in [0.717, 1.165) is 11.1 Å². The smallest absolute Gasteiger partial charge is 0.0991 e. The molecule has 0 atom stereocenters. The molecule has 0 bridgehead atoms. The summed E-state index contributed by atoms with van der Waals surface area (Å²) in [6.45, 7) is 1.93. The maximum atomic E-state index is 8.78. The summed E-state index contributed by atoms with van der Waals surface area (Å²) < 4.78 is 0. The fourth-order valence-electron chi connectivity index (χ4n) is 0.984. The van der Waals surface area contributed by atoms with Gasteiger partial charge in [-0.25, -0.2) is 0 Å². The van der Waals surface area contributed by atoms with Crippen molar-refractivity contribution in [1.29, 1.82) is 5.26 Å². The van der Waals surface area contributed by atoms with Gasteiger partial charge in [0.15, 0.2) is 0 Å². The van der Waals surface area contributed by atoms with E-state index in [1.54, 1.807) is 12.1 Å². The van der Waals surface area contributed by atoms with Crippen molar-refractivity contribution < 1.29 is 5.11 Å². The van der Waals surface area contributed by atoms with E-state index in [9.17, 15) is 0 Å². The first kappa shape index (κ1) is 9.50. The standard InChI is InChI=1S/C11H11NO/c1-9(8-13)6-10-2-4-11(7-12)5-3-10/h2-6,13H,8H2,1H3. The highest BCUT2D eigenvalue weighted by molar-refractivity contribution is 5.53. The number of aliphatic hydroxyl groups is 1. The Morgan fingerprint density at radius 1 is 1.46 bits per heavy atom. The summed E-state index contributed by atoms with van der Waals surface area (Å²) in [6, 6.07) is 9.29. The van der Waals surface area contributed by atoms with Gasteiger partial charge in [0, 0.05) is 0 Å². The second-order valence-corrected chi connectivity index (χ2v) is 2.88. The van der Waals surface area contributed by atoms with Crippen molar-refractivity contribution in [2.45, 2.75) is 6.92 Å². The van der Waals surface area contributed by atoms with Crippen molar-refractivity contribution in [3.8, 4) is 6.07 Å². The first-order chi connectivity index (χ1) is 6.26. The summed E-state index contributed by atoms with van der Waals surface area (Å²) >= 11 is 0. The fraction of sp³-hybridized carbons (Fsp3) is 0.182. The second-order valence-electron chi connectivity index (χ2n) is 2.88. The molecule has 0 aromatic heterocycles. The molecule has 0 aliphatic rings. The van der Waals surface area contributed by atoms with E-state index >= 15 is 0 Å². The highest BCUT2D eigenvalue weighted by atomic mass is 16.3. The monoisotopic (exact) mass is 173 g/mol. The van der Waals surface area contributed by atoms with Gasteiger partial charge in [-0.1, -0.05) is 18.2 Å². The molecule has 0 saturated heterocycles. The summed E-state index contributed by atoms with van der Waals surface area (Å²) in [4.78, 5) is 0. The molecule has 0 heterocycles. The Balaban J connectivity index is 2.88. The van der Waals surface area contributed by atoms with Gasteiger partial charge in [-0.2, -0.15) is 5.26 Å². The van der Waals surface area contributed by atoms with Gasteiger partial charge in [-0.05, 0) is 30.2 Å². The topological polar surface area (TPSA) is 44.0 Å². The molecule has 2 nitrogen and oxygen atoms in total. The minimum absolute atomic E-state index is 0.0694. The zero-order valence-corrected chi connectivity index (χ0v) is 7.49. The van der Waals surface area contributed by atoms with Gasteiger partial charge in [0.1, 0.15) is 0 Å². The molecule has 2 heteroatoms. The highest BCUT2D eigenvalue weighted by Gasteiger charge is 1.91. The normalized spacial score (nSPS) is 11.0. The molecular weight excluding hydrogens is 162 g/mol. The first-order valence-electron chi connectivity index (χ1n) is 4.04. The Bertz CT molecular complexity index is 343. The number of rotatable bonds is 2. The predicted octanol–water partition coefficient (Wildman–Crippen LogP) is 1.95. The van der Waals surface area contributed by atoms with Crippen LogP contribution >= 0.6 is 0 Å². The molecule has 0 fully saturated rings. The molecule has 66 valence electrons. The van der Waals surface area contributed by atoms with Crippen molar-refractivity contribution in [3.05, 3.63) is 41.0 Å². The van der Waals surface area contributed by atoms with E-state index in [-0.39, 0.29) is 6.61 Å². The van der Waals surface area contributed by atoms with Gasteiger partial charge in [-0.3, -0.25) is 0 Å². The van der Waals surface area contributed by atoms with Gasteiger partial charge < -0.3 is 5.11 Å². The van der Waals surface area contributed by atoms with Crippen LogP contribution in [0.2, 0.25) is 0 Å². The van der Waals surface area contributed by atoms with E-state index in [0.29, 0.717) is 5.56 Å². The summed E-state index contributed by atoms with van der Waals surface area (Å²) in [5.41, 5.74) is 2.56. The number of hydrogen-bond donors (Lipinski definition) is 1. The average molecular weight is 173 g/mol. The van der Waals surface area contributed by atoms with Crippen LogP contribution in [-0.4, -0.2) is 11.7 Å². The third-order valence-corrected chi connectivity index (χ3v) is 1.70. The quantitative estimate of drug-likeness (QED) is 0.742. The van der Waals surface area contributed by atoms with Crippen molar-refractivity contribution in [2.75, 3.05) is 6.61 Å². The van der Waals surface area contributed by atoms with Crippen molar-refractivity contribution in [1.82, 2.24) is 0 Å². The predicted molar refractivity (Wildman–Crippen MR) is 51.9 cm³/mol. The second kappa shape index (κ2) is 4.44. The van der Waals surface area contributed by atoms with Gasteiger partial charge >= 0.3 is 0 Å². The van der Waals surface area contributed by atoms with E-state index in [1.807, 2.05) is 25.1 Å². The van der Waals surface area contributed by atoms with E-state index in [2.05, 4.69) is 6.07 Å². The minimum atomic E-state index is 0.0694. The molecule has 0 aliphatic carbocycles. The van der Waals surface area contributed by atoms with Crippen molar-refractivity contribution in [2.24, 2.45) is 0 Å². The molecule has 0 spiro atoms. The van der Waals surface area contributed by atoms with Crippen LogP contribution < -0.4 is 0 Å². The Morgan fingerprint density at radius 3 is 2.54 bits per heavy atom. The molecule has 0 unspecified atom stereocenters. The number of aliphatic hydroxyl groups excluding tert-OH is 1. The number of benzene rings is 1. The van der Waals surface area contributed by atoms with Crippen molar-refractivity contribution in [3.63, 3.8) is 0 Å². The van der Waals surface area contributed by atoms with Gasteiger partial charge in [-0.15, -0.1) is 0 Å². The largest absolute Gasteiger partial charge is 0.392 e. The van der Waals surface area contributed by atoms with Crippen LogP contribution in [0.4, 0.5) is 0 Å².